The topological polar surface area (TPSA) is 25.8 Å². The van der Waals surface area contributed by atoms with Gasteiger partial charge in [-0.2, -0.15) is 4.90 Å². The van der Waals surface area contributed by atoms with E-state index in [1.807, 2.05) is 54.6 Å². The van der Waals surface area contributed by atoms with E-state index in [0.717, 1.165) is 26.0 Å². The van der Waals surface area contributed by atoms with Crippen molar-refractivity contribution in [3.8, 4) is 21.1 Å². The zero-order chi connectivity index (χ0) is 12.4. The minimum absolute atomic E-state index is 0. The van der Waals surface area contributed by atoms with E-state index in [2.05, 4.69) is 10.2 Å². The molecule has 0 amide bonds. The van der Waals surface area contributed by atoms with Crippen LogP contribution in [0, 0.1) is 0 Å². The normalized spacial score (nSPS) is 9.89. The number of aromatic nitrogens is 2. The molecule has 0 unspecified atom stereocenters. The van der Waals surface area contributed by atoms with Gasteiger partial charge in [0.15, 0.2) is 0 Å². The fraction of sp³-hybridized carbons (Fsp3) is 0. The van der Waals surface area contributed by atoms with Crippen molar-refractivity contribution in [2.75, 3.05) is 0 Å². The maximum absolute atomic E-state index is 5.30. The Balaban J connectivity index is 0.00000133. The molecule has 2 aromatic carbocycles. The van der Waals surface area contributed by atoms with E-state index in [9.17, 15) is 0 Å². The quantitative estimate of drug-likeness (QED) is 0.527. The van der Waals surface area contributed by atoms with E-state index in [0.29, 0.717) is 0 Å². The zero-order valence-electron chi connectivity index (χ0n) is 10.1. The van der Waals surface area contributed by atoms with Crippen molar-refractivity contribution in [2.45, 2.75) is 4.90 Å². The molecule has 19 heavy (non-hydrogen) atoms. The molecule has 0 aliphatic carbocycles. The fourth-order valence-electron chi connectivity index (χ4n) is 1.67. The molecule has 0 saturated heterocycles. The smallest absolute Gasteiger partial charge is 0.148 e. The Kier molecular flexibility index (Phi) is 4.75. The summed E-state index contributed by atoms with van der Waals surface area (Å²) in [7, 11) is 0. The Bertz CT molecular complexity index is 668. The molecule has 0 bridgehead atoms. The summed E-state index contributed by atoms with van der Waals surface area (Å²) in [4.78, 5) is 0.813. The molecule has 1 heterocycles. The van der Waals surface area contributed by atoms with Crippen molar-refractivity contribution in [1.82, 2.24) is 10.2 Å². The summed E-state index contributed by atoms with van der Waals surface area (Å²) in [5, 5.41) is 10.2. The average molecular weight is 335 g/mol. The van der Waals surface area contributed by atoms with E-state index in [-0.39, 0.29) is 19.5 Å². The second kappa shape index (κ2) is 6.33. The van der Waals surface area contributed by atoms with Gasteiger partial charge in [-0.25, -0.2) is 0 Å². The molecule has 90 valence electrons. The summed E-state index contributed by atoms with van der Waals surface area (Å²) in [6, 6.07) is 17.8. The van der Waals surface area contributed by atoms with E-state index in [1.165, 1.54) is 0 Å². The van der Waals surface area contributed by atoms with Gasteiger partial charge < -0.3 is 12.6 Å². The van der Waals surface area contributed by atoms with Crippen LogP contribution in [0.5, 0.6) is 0 Å². The molecule has 5 heteroatoms. The molecule has 0 atom stereocenters. The predicted octanol–water partition coefficient (Wildman–Crippen LogP) is 3.78. The first-order valence-corrected chi connectivity index (χ1v) is 6.72. The van der Waals surface area contributed by atoms with Crippen molar-refractivity contribution in [2.24, 2.45) is 0 Å². The van der Waals surface area contributed by atoms with Crippen LogP contribution in [0.3, 0.4) is 0 Å². The van der Waals surface area contributed by atoms with Gasteiger partial charge in [0, 0.05) is 25.0 Å². The predicted molar refractivity (Wildman–Crippen MR) is 76.4 cm³/mol. The summed E-state index contributed by atoms with van der Waals surface area (Å²) in [6.45, 7) is 0. The van der Waals surface area contributed by atoms with Crippen molar-refractivity contribution >= 4 is 24.0 Å². The van der Waals surface area contributed by atoms with E-state index < -0.39 is 0 Å². The molecular formula is C14H9N2S2Zn-. The van der Waals surface area contributed by atoms with Crippen molar-refractivity contribution in [3.05, 3.63) is 54.6 Å². The Labute approximate surface area is 134 Å². The van der Waals surface area contributed by atoms with Crippen LogP contribution in [0.2, 0.25) is 0 Å². The number of rotatable bonds is 2. The van der Waals surface area contributed by atoms with Crippen LogP contribution < -0.4 is 0 Å². The van der Waals surface area contributed by atoms with Crippen LogP contribution in [0.4, 0.5) is 0 Å². The molecule has 0 aliphatic heterocycles. The van der Waals surface area contributed by atoms with E-state index in [4.69, 9.17) is 12.6 Å². The Morgan fingerprint density at radius 2 is 1.42 bits per heavy atom. The second-order valence-electron chi connectivity index (χ2n) is 3.77. The Hall–Kier alpha value is -1.16. The van der Waals surface area contributed by atoms with Crippen molar-refractivity contribution in [3.63, 3.8) is 0 Å². The molecule has 3 rings (SSSR count). The Morgan fingerprint density at radius 1 is 0.789 bits per heavy atom. The van der Waals surface area contributed by atoms with E-state index in [1.54, 1.807) is 11.3 Å². The van der Waals surface area contributed by atoms with Crippen LogP contribution in [0.1, 0.15) is 0 Å². The van der Waals surface area contributed by atoms with Crippen LogP contribution in [0.25, 0.3) is 21.1 Å². The first kappa shape index (κ1) is 14.3. The molecule has 0 saturated carbocycles. The van der Waals surface area contributed by atoms with Gasteiger partial charge in [0.1, 0.15) is 10.0 Å². The molecule has 3 aromatic rings. The zero-order valence-corrected chi connectivity index (χ0v) is 14.7. The minimum Gasteiger partial charge on any atom is -0.779 e. The second-order valence-corrected chi connectivity index (χ2v) is 5.19. The third-order valence-electron chi connectivity index (χ3n) is 2.56. The van der Waals surface area contributed by atoms with Gasteiger partial charge in [0.25, 0.3) is 0 Å². The molecule has 0 aliphatic rings. The summed E-state index contributed by atoms with van der Waals surface area (Å²) < 4.78 is 0. The van der Waals surface area contributed by atoms with Crippen LogP contribution in [-0.2, 0) is 32.1 Å². The molecular weight excluding hydrogens is 326 g/mol. The number of hydrogen-bond acceptors (Lipinski definition) is 4. The number of nitrogens with zero attached hydrogens (tertiary/aromatic N) is 2. The molecule has 1 aromatic heterocycles. The first-order chi connectivity index (χ1) is 8.84. The summed E-state index contributed by atoms with van der Waals surface area (Å²) in [5.41, 5.74) is 2.07. The van der Waals surface area contributed by atoms with Crippen LogP contribution >= 0.6 is 11.3 Å². The third-order valence-corrected chi connectivity index (χ3v) is 3.92. The van der Waals surface area contributed by atoms with Gasteiger partial charge in [-0.1, -0.05) is 65.9 Å². The molecule has 0 N–H and O–H groups in total. The minimum atomic E-state index is 0. The van der Waals surface area contributed by atoms with Gasteiger partial charge in [-0.05, 0) is 5.56 Å². The fourth-order valence-corrected chi connectivity index (χ4v) is 2.87. The third kappa shape index (κ3) is 3.06. The average Bonchev–Trinajstić information content (AvgIpc) is 2.90. The largest absolute Gasteiger partial charge is 0.779 e. The molecule has 0 spiro atoms. The van der Waals surface area contributed by atoms with Crippen LogP contribution in [0.15, 0.2) is 59.5 Å². The van der Waals surface area contributed by atoms with Gasteiger partial charge >= 0.3 is 0 Å². The molecule has 2 nitrogen and oxygen atoms in total. The monoisotopic (exact) mass is 333 g/mol. The maximum atomic E-state index is 5.30. The molecule has 0 fully saturated rings. The SMILES string of the molecule is [S-]c1ccccc1-c1nnc(-c2ccccc2)s1.[Zn]. The summed E-state index contributed by atoms with van der Waals surface area (Å²) in [6.07, 6.45) is 0. The van der Waals surface area contributed by atoms with E-state index >= 15 is 0 Å². The molecule has 0 radical (unpaired) electrons. The van der Waals surface area contributed by atoms with Gasteiger partial charge in [-0.3, -0.25) is 0 Å². The summed E-state index contributed by atoms with van der Waals surface area (Å²) >= 11 is 6.86. The van der Waals surface area contributed by atoms with Crippen LogP contribution in [-0.4, -0.2) is 10.2 Å². The maximum Gasteiger partial charge on any atom is 0.148 e. The van der Waals surface area contributed by atoms with Gasteiger partial charge in [0.05, 0.1) is 0 Å². The number of hydrogen-bond donors (Lipinski definition) is 0. The summed E-state index contributed by atoms with van der Waals surface area (Å²) in [5.74, 6) is 0. The first-order valence-electron chi connectivity index (χ1n) is 5.50. The van der Waals surface area contributed by atoms with Crippen molar-refractivity contribution < 1.29 is 19.5 Å². The standard InChI is InChI=1S/C14H10N2S2.Zn/c17-12-9-5-4-8-11(12)14-16-15-13(18-14)10-6-2-1-3-7-10;/h1-9,17H;/p-1. The number of benzene rings is 2. The van der Waals surface area contributed by atoms with Gasteiger partial charge in [0.2, 0.25) is 0 Å². The van der Waals surface area contributed by atoms with Gasteiger partial charge in [-0.15, -0.1) is 10.2 Å². The van der Waals surface area contributed by atoms with Crippen molar-refractivity contribution in [1.29, 1.82) is 0 Å². The Morgan fingerprint density at radius 3 is 2.16 bits per heavy atom.